The van der Waals surface area contributed by atoms with Gasteiger partial charge in [0.15, 0.2) is 0 Å². The van der Waals surface area contributed by atoms with E-state index in [1.807, 2.05) is 24.3 Å². The minimum absolute atomic E-state index is 0.115. The van der Waals surface area contributed by atoms with Crippen LogP contribution in [0.2, 0.25) is 5.02 Å². The van der Waals surface area contributed by atoms with E-state index in [0.29, 0.717) is 22.7 Å². The van der Waals surface area contributed by atoms with Crippen LogP contribution in [0.15, 0.2) is 29.2 Å². The Hall–Kier alpha value is -0.670. The summed E-state index contributed by atoms with van der Waals surface area (Å²) in [5.74, 6) is 1.15. The second-order valence-corrected chi connectivity index (χ2v) is 6.58. The van der Waals surface area contributed by atoms with E-state index >= 15 is 0 Å². The number of hydrogen-bond acceptors (Lipinski definition) is 2. The van der Waals surface area contributed by atoms with Gasteiger partial charge in [0, 0.05) is 10.9 Å². The quantitative estimate of drug-likeness (QED) is 0.847. The van der Waals surface area contributed by atoms with Gasteiger partial charge >= 0.3 is 0 Å². The van der Waals surface area contributed by atoms with Crippen LogP contribution in [0.5, 0.6) is 0 Å². The molecule has 2 nitrogen and oxygen atoms in total. The molecule has 1 fully saturated rings. The molecule has 0 unspecified atom stereocenters. The molecule has 104 valence electrons. The van der Waals surface area contributed by atoms with E-state index in [1.54, 1.807) is 0 Å². The lowest BCUT2D eigenvalue weighted by Gasteiger charge is -2.29. The fraction of sp³-hybridized carbons (Fsp3) is 0.533. The number of hydrogen-bond donors (Lipinski definition) is 1. The van der Waals surface area contributed by atoms with Crippen molar-refractivity contribution in [2.45, 2.75) is 43.5 Å². The summed E-state index contributed by atoms with van der Waals surface area (Å²) in [5, 5.41) is 3.87. The molecule has 1 aliphatic rings. The summed E-state index contributed by atoms with van der Waals surface area (Å²) in [5.41, 5.74) is 0. The molecule has 1 amide bonds. The van der Waals surface area contributed by atoms with Crippen LogP contribution in [0, 0.1) is 5.92 Å². The lowest BCUT2D eigenvalue weighted by atomic mass is 9.86. The number of nitrogens with one attached hydrogen (secondary N) is 1. The Morgan fingerprint density at radius 2 is 2.11 bits per heavy atom. The maximum atomic E-state index is 12.0. The minimum atomic E-state index is 0.115. The number of thioether (sulfide) groups is 1. The van der Waals surface area contributed by atoms with Crippen molar-refractivity contribution in [3.8, 4) is 0 Å². The second kappa shape index (κ2) is 7.20. The summed E-state index contributed by atoms with van der Waals surface area (Å²) in [6.45, 7) is 2.23. The third-order valence-corrected chi connectivity index (χ3v) is 5.17. The van der Waals surface area contributed by atoms with Crippen molar-refractivity contribution in [3.63, 3.8) is 0 Å². The molecule has 0 aliphatic heterocycles. The molecule has 2 atom stereocenters. The van der Waals surface area contributed by atoms with Gasteiger partial charge in [-0.05, 0) is 30.9 Å². The van der Waals surface area contributed by atoms with E-state index in [4.69, 9.17) is 11.6 Å². The van der Waals surface area contributed by atoms with Crippen LogP contribution in [0.25, 0.3) is 0 Å². The van der Waals surface area contributed by atoms with Crippen molar-refractivity contribution in [2.75, 3.05) is 5.75 Å². The predicted molar refractivity (Wildman–Crippen MR) is 81.7 cm³/mol. The normalized spacial score (nSPS) is 23.1. The molecule has 0 spiro atoms. The number of halogens is 1. The summed E-state index contributed by atoms with van der Waals surface area (Å²) in [4.78, 5) is 12.9. The molecule has 1 aromatic rings. The zero-order valence-corrected chi connectivity index (χ0v) is 12.8. The lowest BCUT2D eigenvalue weighted by molar-refractivity contribution is -0.119. The van der Waals surface area contributed by atoms with Crippen molar-refractivity contribution in [1.82, 2.24) is 5.32 Å². The van der Waals surface area contributed by atoms with Crippen molar-refractivity contribution in [2.24, 2.45) is 5.92 Å². The number of carbonyl (C=O) groups excluding carboxylic acids is 1. The van der Waals surface area contributed by atoms with Crippen LogP contribution in [0.3, 0.4) is 0 Å². The van der Waals surface area contributed by atoms with E-state index in [1.165, 1.54) is 31.0 Å². The molecule has 0 bridgehead atoms. The molecule has 1 N–H and O–H groups in total. The van der Waals surface area contributed by atoms with Crippen molar-refractivity contribution in [3.05, 3.63) is 29.3 Å². The Kier molecular flexibility index (Phi) is 5.59. The number of carbonyl (C=O) groups is 1. The van der Waals surface area contributed by atoms with Gasteiger partial charge in [0.05, 0.1) is 10.8 Å². The van der Waals surface area contributed by atoms with Crippen molar-refractivity contribution >= 4 is 29.3 Å². The minimum Gasteiger partial charge on any atom is -0.352 e. The Morgan fingerprint density at radius 3 is 2.84 bits per heavy atom. The van der Waals surface area contributed by atoms with Crippen LogP contribution in [0.1, 0.15) is 32.6 Å². The van der Waals surface area contributed by atoms with Gasteiger partial charge < -0.3 is 5.32 Å². The van der Waals surface area contributed by atoms with Crippen LogP contribution in [0.4, 0.5) is 0 Å². The average Bonchev–Trinajstić information content (AvgIpc) is 2.40. The maximum Gasteiger partial charge on any atom is 0.230 e. The van der Waals surface area contributed by atoms with Crippen molar-refractivity contribution < 1.29 is 4.79 Å². The van der Waals surface area contributed by atoms with Crippen LogP contribution >= 0.6 is 23.4 Å². The Balaban J connectivity index is 1.80. The highest BCUT2D eigenvalue weighted by atomic mass is 35.5. The van der Waals surface area contributed by atoms with E-state index in [9.17, 15) is 4.79 Å². The third-order valence-electron chi connectivity index (χ3n) is 3.65. The monoisotopic (exact) mass is 297 g/mol. The van der Waals surface area contributed by atoms with Gasteiger partial charge in [-0.25, -0.2) is 0 Å². The molecule has 1 aliphatic carbocycles. The topological polar surface area (TPSA) is 29.1 Å². The van der Waals surface area contributed by atoms with E-state index < -0.39 is 0 Å². The molecule has 1 saturated carbocycles. The van der Waals surface area contributed by atoms with Crippen LogP contribution in [-0.2, 0) is 4.79 Å². The van der Waals surface area contributed by atoms with Gasteiger partial charge in [-0.2, -0.15) is 0 Å². The lowest BCUT2D eigenvalue weighted by Crippen LogP contribution is -2.41. The highest BCUT2D eigenvalue weighted by Gasteiger charge is 2.22. The van der Waals surface area contributed by atoms with Gasteiger partial charge in [-0.15, -0.1) is 11.8 Å². The molecule has 19 heavy (non-hydrogen) atoms. The number of benzene rings is 1. The predicted octanol–water partition coefficient (Wildman–Crippen LogP) is 4.13. The Labute approximate surface area is 124 Å². The van der Waals surface area contributed by atoms with Gasteiger partial charge in [0.1, 0.15) is 0 Å². The van der Waals surface area contributed by atoms with E-state index in [2.05, 4.69) is 12.2 Å². The SMILES string of the molecule is C[C@H]1CCCC[C@H]1NC(=O)CSc1ccccc1Cl. The van der Waals surface area contributed by atoms with Gasteiger partial charge in [0.2, 0.25) is 5.91 Å². The summed E-state index contributed by atoms with van der Waals surface area (Å²) >= 11 is 7.57. The number of rotatable bonds is 4. The summed E-state index contributed by atoms with van der Waals surface area (Å²) < 4.78 is 0. The fourth-order valence-corrected chi connectivity index (χ4v) is 3.53. The molecular weight excluding hydrogens is 278 g/mol. The van der Waals surface area contributed by atoms with E-state index in [-0.39, 0.29) is 5.91 Å². The highest BCUT2D eigenvalue weighted by Crippen LogP contribution is 2.27. The molecule has 2 rings (SSSR count). The van der Waals surface area contributed by atoms with Gasteiger partial charge in [-0.1, -0.05) is 43.5 Å². The molecule has 1 aromatic carbocycles. The first-order valence-corrected chi connectivity index (χ1v) is 8.20. The first kappa shape index (κ1) is 14.7. The first-order chi connectivity index (χ1) is 9.16. The summed E-state index contributed by atoms with van der Waals surface area (Å²) in [6.07, 6.45) is 4.86. The molecule has 0 saturated heterocycles. The Morgan fingerprint density at radius 1 is 1.37 bits per heavy atom. The summed E-state index contributed by atoms with van der Waals surface area (Å²) in [6, 6.07) is 7.99. The molecule has 0 radical (unpaired) electrons. The zero-order chi connectivity index (χ0) is 13.7. The third kappa shape index (κ3) is 4.43. The molecule has 0 aromatic heterocycles. The summed E-state index contributed by atoms with van der Waals surface area (Å²) in [7, 11) is 0. The smallest absolute Gasteiger partial charge is 0.230 e. The van der Waals surface area contributed by atoms with E-state index in [0.717, 1.165) is 11.3 Å². The first-order valence-electron chi connectivity index (χ1n) is 6.83. The second-order valence-electron chi connectivity index (χ2n) is 5.15. The Bertz CT molecular complexity index is 438. The van der Waals surface area contributed by atoms with Gasteiger partial charge in [0.25, 0.3) is 0 Å². The molecule has 4 heteroatoms. The maximum absolute atomic E-state index is 12.0. The fourth-order valence-electron chi connectivity index (χ4n) is 2.48. The zero-order valence-electron chi connectivity index (χ0n) is 11.2. The average molecular weight is 298 g/mol. The number of amides is 1. The van der Waals surface area contributed by atoms with Crippen molar-refractivity contribution in [1.29, 1.82) is 0 Å². The molecule has 0 heterocycles. The molecular formula is C15H20ClNOS. The standard InChI is InChI=1S/C15H20ClNOS/c1-11-6-2-4-8-13(11)17-15(18)10-19-14-9-5-3-7-12(14)16/h3,5,7,9,11,13H,2,4,6,8,10H2,1H3,(H,17,18)/t11-,13+/m0/s1. The largest absolute Gasteiger partial charge is 0.352 e. The highest BCUT2D eigenvalue weighted by molar-refractivity contribution is 8.00. The van der Waals surface area contributed by atoms with Gasteiger partial charge in [-0.3, -0.25) is 4.79 Å². The van der Waals surface area contributed by atoms with Crippen LogP contribution in [-0.4, -0.2) is 17.7 Å². The van der Waals surface area contributed by atoms with Crippen LogP contribution < -0.4 is 5.32 Å².